The monoisotopic (exact) mass is 456 g/mol. The van der Waals surface area contributed by atoms with Gasteiger partial charge in [0.25, 0.3) is 10.1 Å². The first-order valence-electron chi connectivity index (χ1n) is 7.26. The van der Waals surface area contributed by atoms with Crippen molar-refractivity contribution in [3.05, 3.63) is 58.3 Å². The molecule has 0 aliphatic heterocycles. The minimum absolute atomic E-state index is 0.135. The zero-order valence-corrected chi connectivity index (χ0v) is 16.9. The van der Waals surface area contributed by atoms with Gasteiger partial charge in [-0.05, 0) is 30.3 Å². The lowest BCUT2D eigenvalue weighted by Gasteiger charge is -2.24. The Morgan fingerprint density at radius 2 is 1.92 bits per heavy atom. The van der Waals surface area contributed by atoms with E-state index in [4.69, 9.17) is 67.5 Å². The molecule has 0 radical (unpaired) electrons. The second kappa shape index (κ2) is 9.83. The highest BCUT2D eigenvalue weighted by Crippen LogP contribution is 2.33. The maximum atomic E-state index is 12.0. The molecular formula is C16H13Cl5N2O3. The van der Waals surface area contributed by atoms with Crippen LogP contribution in [-0.4, -0.2) is 27.8 Å². The second-order valence-electron chi connectivity index (χ2n) is 4.97. The highest BCUT2D eigenvalue weighted by molar-refractivity contribution is 6.68. The van der Waals surface area contributed by atoms with Crippen LogP contribution in [0.25, 0.3) is 0 Å². The van der Waals surface area contributed by atoms with Crippen LogP contribution in [0, 0.1) is 0 Å². The lowest BCUT2D eigenvalue weighted by atomic mass is 10.3. The first kappa shape index (κ1) is 21.4. The van der Waals surface area contributed by atoms with E-state index in [0.29, 0.717) is 17.1 Å². The van der Waals surface area contributed by atoms with Crippen LogP contribution in [0.1, 0.15) is 5.69 Å². The van der Waals surface area contributed by atoms with Gasteiger partial charge in [0.1, 0.15) is 0 Å². The fraction of sp³-hybridized carbons (Fsp3) is 0.250. The summed E-state index contributed by atoms with van der Waals surface area (Å²) in [5.41, 5.74) is 1.15. The molecule has 0 fully saturated rings. The lowest BCUT2D eigenvalue weighted by Crippen LogP contribution is -2.36. The molecule has 0 spiro atoms. The number of ether oxygens (including phenoxy) is 2. The molecule has 1 aromatic heterocycles. The quantitative estimate of drug-likeness (QED) is 0.433. The van der Waals surface area contributed by atoms with Crippen LogP contribution in [0.3, 0.4) is 0 Å². The zero-order valence-electron chi connectivity index (χ0n) is 13.1. The summed E-state index contributed by atoms with van der Waals surface area (Å²) in [6.07, 6.45) is -0.185. The van der Waals surface area contributed by atoms with E-state index in [0.717, 1.165) is 5.69 Å². The number of benzene rings is 1. The fourth-order valence-electron chi connectivity index (χ4n) is 1.83. The summed E-state index contributed by atoms with van der Waals surface area (Å²) < 4.78 is 8.48. The van der Waals surface area contributed by atoms with E-state index < -0.39 is 16.2 Å². The van der Waals surface area contributed by atoms with E-state index in [1.807, 2.05) is 12.1 Å². The Hall–Kier alpha value is -0.950. The van der Waals surface area contributed by atoms with Crippen LogP contribution < -0.4 is 5.32 Å². The summed E-state index contributed by atoms with van der Waals surface area (Å²) in [5.74, 6) is 0. The van der Waals surface area contributed by atoms with Gasteiger partial charge in [-0.3, -0.25) is 10.3 Å². The zero-order chi connectivity index (χ0) is 19.2. The van der Waals surface area contributed by atoms with Gasteiger partial charge in [0.15, 0.2) is 0 Å². The number of carbonyl (C=O) groups excluding carboxylic acids is 1. The van der Waals surface area contributed by atoms with Gasteiger partial charge in [0.05, 0.1) is 16.7 Å². The minimum atomic E-state index is -1.97. The molecular weight excluding hydrogens is 445 g/mol. The predicted molar refractivity (Wildman–Crippen MR) is 105 cm³/mol. The molecule has 1 N–H and O–H groups in total. The lowest BCUT2D eigenvalue weighted by molar-refractivity contribution is -0.0961. The maximum Gasteiger partial charge on any atom is 0.414 e. The van der Waals surface area contributed by atoms with Gasteiger partial charge in [0, 0.05) is 24.0 Å². The Kier molecular flexibility index (Phi) is 8.07. The molecule has 10 heteroatoms. The normalized spacial score (nSPS) is 12.5. The number of nitrogens with zero attached hydrogens (tertiary/aromatic N) is 1. The number of carbonyl (C=O) groups is 1. The predicted octanol–water partition coefficient (Wildman–Crippen LogP) is 5.89. The third kappa shape index (κ3) is 6.99. The molecule has 5 nitrogen and oxygen atoms in total. The number of aromatic nitrogens is 1. The van der Waals surface area contributed by atoms with Crippen LogP contribution in [0.5, 0.6) is 0 Å². The molecule has 0 bridgehead atoms. The van der Waals surface area contributed by atoms with Crippen molar-refractivity contribution in [1.82, 2.24) is 4.98 Å². The third-order valence-electron chi connectivity index (χ3n) is 3.00. The van der Waals surface area contributed by atoms with Crippen LogP contribution in [-0.2, 0) is 15.9 Å². The molecule has 26 heavy (non-hydrogen) atoms. The first-order chi connectivity index (χ1) is 12.3. The van der Waals surface area contributed by atoms with Gasteiger partial charge in [-0.2, -0.15) is 0 Å². The number of halogens is 5. The molecule has 0 aliphatic rings. The number of rotatable bonds is 6. The molecule has 0 saturated carbocycles. The van der Waals surface area contributed by atoms with Crippen LogP contribution in [0.2, 0.25) is 10.0 Å². The standard InChI is InChI=1S/C16H13Cl5N2O3/c17-12-5-4-11(9-13(12)18)23-15(24)26-14(16(19,20)21)25-8-6-10-3-1-2-7-22-10/h1-5,7,9,14H,6,8H2,(H,23,24). The molecule has 1 aromatic carbocycles. The van der Waals surface area contributed by atoms with Crippen molar-refractivity contribution in [3.63, 3.8) is 0 Å². The van der Waals surface area contributed by atoms with E-state index in [1.54, 1.807) is 18.3 Å². The Morgan fingerprint density at radius 3 is 2.54 bits per heavy atom. The number of anilines is 1. The minimum Gasteiger partial charge on any atom is -0.415 e. The molecule has 0 saturated heterocycles. The molecule has 1 atom stereocenters. The second-order valence-corrected chi connectivity index (χ2v) is 8.16. The van der Waals surface area contributed by atoms with Crippen molar-refractivity contribution in [2.24, 2.45) is 0 Å². The Balaban J connectivity index is 1.91. The van der Waals surface area contributed by atoms with Gasteiger partial charge < -0.3 is 9.47 Å². The van der Waals surface area contributed by atoms with E-state index in [9.17, 15) is 4.79 Å². The number of hydrogen-bond donors (Lipinski definition) is 1. The molecule has 1 unspecified atom stereocenters. The Morgan fingerprint density at radius 1 is 1.15 bits per heavy atom. The SMILES string of the molecule is O=C(Nc1ccc(Cl)c(Cl)c1)OC(OCCc1ccccn1)C(Cl)(Cl)Cl. The molecule has 2 rings (SSSR count). The largest absolute Gasteiger partial charge is 0.415 e. The van der Waals surface area contributed by atoms with Gasteiger partial charge >= 0.3 is 6.09 Å². The molecule has 1 amide bonds. The van der Waals surface area contributed by atoms with Gasteiger partial charge in [-0.1, -0.05) is 64.1 Å². The van der Waals surface area contributed by atoms with Crippen LogP contribution in [0.4, 0.5) is 10.5 Å². The van der Waals surface area contributed by atoms with E-state index in [2.05, 4.69) is 10.3 Å². The summed E-state index contributed by atoms with van der Waals surface area (Å²) >= 11 is 29.2. The summed E-state index contributed by atoms with van der Waals surface area (Å²) in [5, 5.41) is 3.07. The van der Waals surface area contributed by atoms with Gasteiger partial charge in [-0.15, -0.1) is 0 Å². The molecule has 0 aliphatic carbocycles. The highest BCUT2D eigenvalue weighted by atomic mass is 35.6. The molecule has 2 aromatic rings. The van der Waals surface area contributed by atoms with E-state index in [1.165, 1.54) is 12.1 Å². The summed E-state index contributed by atoms with van der Waals surface area (Å²) in [6, 6.07) is 9.99. The number of hydrogen-bond acceptors (Lipinski definition) is 4. The Labute approximate surface area is 175 Å². The number of pyridine rings is 1. The summed E-state index contributed by atoms with van der Waals surface area (Å²) in [7, 11) is 0. The van der Waals surface area contributed by atoms with Crippen molar-refractivity contribution in [1.29, 1.82) is 0 Å². The summed E-state index contributed by atoms with van der Waals surface area (Å²) in [4.78, 5) is 16.2. The van der Waals surface area contributed by atoms with Crippen molar-refractivity contribution in [2.45, 2.75) is 16.5 Å². The highest BCUT2D eigenvalue weighted by Gasteiger charge is 2.37. The van der Waals surface area contributed by atoms with Gasteiger partial charge in [0.2, 0.25) is 0 Å². The number of nitrogens with one attached hydrogen (secondary N) is 1. The fourth-order valence-corrected chi connectivity index (χ4v) is 2.45. The number of amides is 1. The third-order valence-corrected chi connectivity index (χ3v) is 4.27. The Bertz CT molecular complexity index is 740. The van der Waals surface area contributed by atoms with Crippen molar-refractivity contribution in [3.8, 4) is 0 Å². The topological polar surface area (TPSA) is 60.5 Å². The van der Waals surface area contributed by atoms with Crippen molar-refractivity contribution < 1.29 is 14.3 Å². The maximum absolute atomic E-state index is 12.0. The van der Waals surface area contributed by atoms with E-state index >= 15 is 0 Å². The van der Waals surface area contributed by atoms with Crippen molar-refractivity contribution in [2.75, 3.05) is 11.9 Å². The molecule has 140 valence electrons. The average molecular weight is 459 g/mol. The average Bonchev–Trinajstić information content (AvgIpc) is 2.57. The van der Waals surface area contributed by atoms with Crippen LogP contribution >= 0.6 is 58.0 Å². The van der Waals surface area contributed by atoms with Crippen molar-refractivity contribution >= 4 is 69.8 Å². The van der Waals surface area contributed by atoms with Gasteiger partial charge in [-0.25, -0.2) is 4.79 Å². The van der Waals surface area contributed by atoms with E-state index in [-0.39, 0.29) is 11.6 Å². The number of alkyl halides is 3. The summed E-state index contributed by atoms with van der Waals surface area (Å²) in [6.45, 7) is 0.135. The van der Waals surface area contributed by atoms with Crippen LogP contribution in [0.15, 0.2) is 42.6 Å². The smallest absolute Gasteiger partial charge is 0.414 e. The first-order valence-corrected chi connectivity index (χ1v) is 9.15. The molecule has 1 heterocycles.